The summed E-state index contributed by atoms with van der Waals surface area (Å²) < 4.78 is 8.04. The second-order valence-electron chi connectivity index (χ2n) is 6.88. The number of carbonyl (C=O) groups is 1. The maximum Gasteiger partial charge on any atom is 0.235 e. The number of hydrogen-bond acceptors (Lipinski definition) is 4. The van der Waals surface area contributed by atoms with Crippen LogP contribution >= 0.6 is 11.8 Å². The maximum absolute atomic E-state index is 12.0. The van der Waals surface area contributed by atoms with Crippen molar-refractivity contribution in [3.05, 3.63) is 11.8 Å². The highest BCUT2D eigenvalue weighted by atomic mass is 32.2. The molecule has 2 aliphatic rings. The number of thioether (sulfide) groups is 1. The zero-order valence-corrected chi connectivity index (χ0v) is 15.0. The minimum atomic E-state index is 0.0309. The molecule has 1 atom stereocenters. The number of aryl methyl sites for hydroxylation is 2. The van der Waals surface area contributed by atoms with Gasteiger partial charge in [0.15, 0.2) is 0 Å². The Morgan fingerprint density at radius 2 is 2.22 bits per heavy atom. The third kappa shape index (κ3) is 4.29. The molecule has 1 aliphatic heterocycles. The van der Waals surface area contributed by atoms with Gasteiger partial charge in [-0.25, -0.2) is 0 Å². The fourth-order valence-electron chi connectivity index (χ4n) is 3.77. The Labute approximate surface area is 142 Å². The Morgan fingerprint density at radius 1 is 1.43 bits per heavy atom. The minimum Gasteiger partial charge on any atom is -0.371 e. The molecule has 1 aromatic heterocycles. The van der Waals surface area contributed by atoms with Crippen molar-refractivity contribution in [1.82, 2.24) is 9.78 Å². The summed E-state index contributed by atoms with van der Waals surface area (Å²) in [5, 5.41) is 7.14. The van der Waals surface area contributed by atoms with Gasteiger partial charge in [-0.15, -0.1) is 11.8 Å². The number of hydrogen-bond donors (Lipinski definition) is 1. The summed E-state index contributed by atoms with van der Waals surface area (Å²) >= 11 is 1.67. The van der Waals surface area contributed by atoms with Crippen molar-refractivity contribution in [3.8, 4) is 0 Å². The van der Waals surface area contributed by atoms with Crippen molar-refractivity contribution < 1.29 is 9.53 Å². The number of nitrogens with zero attached hydrogens (tertiary/aromatic N) is 2. The Hall–Kier alpha value is -1.01. The number of anilines is 1. The largest absolute Gasteiger partial charge is 0.371 e. The molecule has 0 unspecified atom stereocenters. The first-order valence-electron chi connectivity index (χ1n) is 8.62. The van der Waals surface area contributed by atoms with E-state index in [1.807, 2.05) is 20.0 Å². The van der Waals surface area contributed by atoms with Crippen LogP contribution in [0.3, 0.4) is 0 Å². The van der Waals surface area contributed by atoms with Crippen LogP contribution in [0.1, 0.15) is 50.6 Å². The quantitative estimate of drug-likeness (QED) is 0.896. The van der Waals surface area contributed by atoms with Gasteiger partial charge in [0.2, 0.25) is 5.91 Å². The predicted octanol–water partition coefficient (Wildman–Crippen LogP) is 3.28. The average Bonchev–Trinajstić information content (AvgIpc) is 3.04. The lowest BCUT2D eigenvalue weighted by Crippen LogP contribution is -2.32. The monoisotopic (exact) mass is 337 g/mol. The molecular weight excluding hydrogens is 310 g/mol. The van der Waals surface area contributed by atoms with Gasteiger partial charge in [0, 0.05) is 18.9 Å². The van der Waals surface area contributed by atoms with Crippen LogP contribution in [0, 0.1) is 6.92 Å². The number of rotatable bonds is 5. The van der Waals surface area contributed by atoms with Crippen molar-refractivity contribution >= 4 is 23.5 Å². The van der Waals surface area contributed by atoms with E-state index in [2.05, 4.69) is 10.4 Å². The molecule has 0 aromatic carbocycles. The Morgan fingerprint density at radius 3 is 2.91 bits per heavy atom. The summed E-state index contributed by atoms with van der Waals surface area (Å²) in [4.78, 5) is 12.0. The first-order chi connectivity index (χ1) is 11.1. The van der Waals surface area contributed by atoms with E-state index in [0.717, 1.165) is 23.7 Å². The summed E-state index contributed by atoms with van der Waals surface area (Å²) in [6, 6.07) is 1.88. The molecule has 2 heterocycles. The molecule has 6 heteroatoms. The van der Waals surface area contributed by atoms with Crippen molar-refractivity contribution in [2.75, 3.05) is 16.8 Å². The van der Waals surface area contributed by atoms with E-state index in [4.69, 9.17) is 4.74 Å². The van der Waals surface area contributed by atoms with E-state index in [1.165, 1.54) is 38.5 Å². The van der Waals surface area contributed by atoms with Gasteiger partial charge in [-0.05, 0) is 32.6 Å². The number of nitrogens with one attached hydrogen (secondary N) is 1. The van der Waals surface area contributed by atoms with Gasteiger partial charge in [-0.2, -0.15) is 5.10 Å². The first-order valence-corrected chi connectivity index (χ1v) is 9.78. The van der Waals surface area contributed by atoms with Crippen LogP contribution in [0.15, 0.2) is 6.07 Å². The molecular formula is C17H27N3O2S. The predicted molar refractivity (Wildman–Crippen MR) is 93.8 cm³/mol. The van der Waals surface area contributed by atoms with E-state index < -0.39 is 0 Å². The van der Waals surface area contributed by atoms with Crippen LogP contribution < -0.4 is 5.32 Å². The second-order valence-corrected chi connectivity index (χ2v) is 7.91. The van der Waals surface area contributed by atoms with E-state index in [1.54, 1.807) is 16.4 Å². The van der Waals surface area contributed by atoms with Crippen LogP contribution in [0.2, 0.25) is 0 Å². The topological polar surface area (TPSA) is 56.1 Å². The summed E-state index contributed by atoms with van der Waals surface area (Å²) in [6.45, 7) is 1.92. The highest BCUT2D eigenvalue weighted by Crippen LogP contribution is 2.42. The van der Waals surface area contributed by atoms with Crippen molar-refractivity contribution in [1.29, 1.82) is 0 Å². The molecule has 1 aromatic rings. The van der Waals surface area contributed by atoms with Gasteiger partial charge in [-0.1, -0.05) is 19.3 Å². The standard InChI is InChI=1S/C17H27N3O2S/c1-13-10-15(20(2)19-13)18-16(21)12-23-11-14-6-9-17(22-14)7-4-3-5-8-17/h10,14H,3-9,11-12H2,1-2H3,(H,18,21)/t14-/m0/s1. The van der Waals surface area contributed by atoms with E-state index in [0.29, 0.717) is 11.9 Å². The van der Waals surface area contributed by atoms with Gasteiger partial charge in [0.25, 0.3) is 0 Å². The zero-order chi connectivity index (χ0) is 16.3. The number of amides is 1. The molecule has 23 heavy (non-hydrogen) atoms. The summed E-state index contributed by atoms with van der Waals surface area (Å²) in [6.07, 6.45) is 9.12. The molecule has 1 N–H and O–H groups in total. The SMILES string of the molecule is Cc1cc(NC(=O)CSC[C@@H]2CCC3(CCCCC3)O2)n(C)n1. The smallest absolute Gasteiger partial charge is 0.235 e. The molecule has 1 aliphatic carbocycles. The van der Waals surface area contributed by atoms with Crippen molar-refractivity contribution in [2.24, 2.45) is 7.05 Å². The molecule has 1 saturated carbocycles. The normalized spacial score (nSPS) is 23.3. The number of ether oxygens (including phenoxy) is 1. The third-order valence-corrected chi connectivity index (χ3v) is 5.98. The van der Waals surface area contributed by atoms with Crippen molar-refractivity contribution in [2.45, 2.75) is 63.6 Å². The van der Waals surface area contributed by atoms with Gasteiger partial charge in [0.1, 0.15) is 5.82 Å². The zero-order valence-electron chi connectivity index (χ0n) is 14.1. The molecule has 3 rings (SSSR count). The fourth-order valence-corrected chi connectivity index (χ4v) is 4.64. The molecule has 5 nitrogen and oxygen atoms in total. The molecule has 0 bridgehead atoms. The van der Waals surface area contributed by atoms with Gasteiger partial charge >= 0.3 is 0 Å². The van der Waals surface area contributed by atoms with E-state index >= 15 is 0 Å². The molecule has 0 radical (unpaired) electrons. The van der Waals surface area contributed by atoms with Crippen LogP contribution in [0.4, 0.5) is 5.82 Å². The fraction of sp³-hybridized carbons (Fsp3) is 0.765. The lowest BCUT2D eigenvalue weighted by atomic mass is 9.83. The van der Waals surface area contributed by atoms with Crippen molar-refractivity contribution in [3.63, 3.8) is 0 Å². The summed E-state index contributed by atoms with van der Waals surface area (Å²) in [5.41, 5.74) is 1.09. The summed E-state index contributed by atoms with van der Waals surface area (Å²) in [7, 11) is 1.84. The second kappa shape index (κ2) is 7.26. The molecule has 2 fully saturated rings. The Bertz CT molecular complexity index is 552. The number of carbonyl (C=O) groups excluding carboxylic acids is 1. The number of aromatic nitrogens is 2. The molecule has 1 spiro atoms. The van der Waals surface area contributed by atoms with Gasteiger partial charge in [-0.3, -0.25) is 9.48 Å². The van der Waals surface area contributed by atoms with Crippen LogP contribution in [0.25, 0.3) is 0 Å². The first kappa shape index (κ1) is 16.8. The minimum absolute atomic E-state index is 0.0309. The highest BCUT2D eigenvalue weighted by molar-refractivity contribution is 8.00. The average molecular weight is 337 g/mol. The Kier molecular flexibility index (Phi) is 5.31. The third-order valence-electron chi connectivity index (χ3n) is 4.91. The van der Waals surface area contributed by atoms with Crippen LogP contribution in [-0.2, 0) is 16.6 Å². The lowest BCUT2D eigenvalue weighted by molar-refractivity contribution is -0.113. The molecule has 1 amide bonds. The Balaban J connectivity index is 1.38. The van der Waals surface area contributed by atoms with E-state index in [-0.39, 0.29) is 11.5 Å². The van der Waals surface area contributed by atoms with Crippen LogP contribution in [-0.4, -0.2) is 38.9 Å². The van der Waals surface area contributed by atoms with Gasteiger partial charge < -0.3 is 10.1 Å². The highest BCUT2D eigenvalue weighted by Gasteiger charge is 2.40. The van der Waals surface area contributed by atoms with Crippen LogP contribution in [0.5, 0.6) is 0 Å². The maximum atomic E-state index is 12.0. The van der Waals surface area contributed by atoms with Gasteiger partial charge in [0.05, 0.1) is 23.2 Å². The van der Waals surface area contributed by atoms with E-state index in [9.17, 15) is 4.79 Å². The molecule has 1 saturated heterocycles. The lowest BCUT2D eigenvalue weighted by Gasteiger charge is -2.33. The molecule has 128 valence electrons. The summed E-state index contributed by atoms with van der Waals surface area (Å²) in [5.74, 6) is 2.17.